The molecule has 3 saturated heterocycles. The summed E-state index contributed by atoms with van der Waals surface area (Å²) in [6.45, 7) is 23.0. The van der Waals surface area contributed by atoms with Crippen LogP contribution in [0.25, 0.3) is 0 Å². The molecular formula is C23H49N3O. The Morgan fingerprint density at radius 2 is 0.741 bits per heavy atom. The third kappa shape index (κ3) is 11.4. The molecule has 0 aromatic heterocycles. The summed E-state index contributed by atoms with van der Waals surface area (Å²) in [6.07, 6.45) is 8.55. The topological polar surface area (TPSA) is 19.0 Å². The van der Waals surface area contributed by atoms with Crippen LogP contribution in [0.2, 0.25) is 0 Å². The maximum absolute atomic E-state index is 5.21. The molecule has 4 heteroatoms. The van der Waals surface area contributed by atoms with E-state index in [1.54, 1.807) is 0 Å². The minimum Gasteiger partial charge on any atom is -0.379 e. The fourth-order valence-corrected chi connectivity index (χ4v) is 3.96. The molecule has 3 aliphatic heterocycles. The van der Waals surface area contributed by atoms with Gasteiger partial charge in [0.15, 0.2) is 0 Å². The normalized spacial score (nSPS) is 23.0. The van der Waals surface area contributed by atoms with Crippen molar-refractivity contribution in [1.29, 1.82) is 0 Å². The lowest BCUT2D eigenvalue weighted by molar-refractivity contribution is 0.0238. The fourth-order valence-electron chi connectivity index (χ4n) is 3.96. The zero-order valence-electron chi connectivity index (χ0n) is 19.4. The summed E-state index contributed by atoms with van der Waals surface area (Å²) in [4.78, 5) is 7.55. The number of hydrogen-bond donors (Lipinski definition) is 0. The molecule has 0 aromatic rings. The van der Waals surface area contributed by atoms with Crippen molar-refractivity contribution in [3.05, 3.63) is 0 Å². The van der Waals surface area contributed by atoms with Crippen LogP contribution in [0.1, 0.15) is 80.1 Å². The van der Waals surface area contributed by atoms with Gasteiger partial charge in [0.1, 0.15) is 0 Å². The average Bonchev–Trinajstić information content (AvgIpc) is 3.06. The Bertz CT molecular complexity index is 327. The second kappa shape index (κ2) is 14.8. The zero-order chi connectivity index (χ0) is 20.1. The standard InChI is InChI=1S/C9H19N.C7H15NO.C7H15N/c1-9(2)10-7-5-3-4-6-8-10;1-7(2)8-3-5-9-6-4-8;1-7(2)8-5-3-4-6-8/h9H,3-8H2,1-2H3;7H,3-6H2,1-2H3;7H,3-6H2,1-2H3. The van der Waals surface area contributed by atoms with E-state index in [1.165, 1.54) is 64.7 Å². The van der Waals surface area contributed by atoms with E-state index in [9.17, 15) is 0 Å². The van der Waals surface area contributed by atoms with E-state index in [0.29, 0.717) is 6.04 Å². The van der Waals surface area contributed by atoms with Crippen molar-refractivity contribution in [2.75, 3.05) is 52.5 Å². The van der Waals surface area contributed by atoms with Crippen LogP contribution in [-0.2, 0) is 4.74 Å². The summed E-state index contributed by atoms with van der Waals surface area (Å²) >= 11 is 0. The van der Waals surface area contributed by atoms with Crippen molar-refractivity contribution in [3.63, 3.8) is 0 Å². The monoisotopic (exact) mass is 383 g/mol. The highest BCUT2D eigenvalue weighted by molar-refractivity contribution is 4.69. The SMILES string of the molecule is CC(C)N1CCCC1.CC(C)N1CCCCCC1.CC(C)N1CCOCC1. The molecule has 3 fully saturated rings. The van der Waals surface area contributed by atoms with Crippen LogP contribution < -0.4 is 0 Å². The molecule has 3 aliphatic rings. The Hall–Kier alpha value is -0.160. The van der Waals surface area contributed by atoms with Gasteiger partial charge in [0, 0.05) is 31.2 Å². The van der Waals surface area contributed by atoms with E-state index >= 15 is 0 Å². The maximum Gasteiger partial charge on any atom is 0.0594 e. The third-order valence-corrected chi connectivity index (χ3v) is 6.02. The van der Waals surface area contributed by atoms with Gasteiger partial charge in [-0.05, 0) is 93.4 Å². The Morgan fingerprint density at radius 1 is 0.444 bits per heavy atom. The maximum atomic E-state index is 5.21. The van der Waals surface area contributed by atoms with Crippen LogP contribution in [-0.4, -0.2) is 85.3 Å². The third-order valence-electron chi connectivity index (χ3n) is 6.02. The number of likely N-dealkylation sites (tertiary alicyclic amines) is 2. The molecule has 0 spiro atoms. The van der Waals surface area contributed by atoms with Gasteiger partial charge in [-0.2, -0.15) is 0 Å². The van der Waals surface area contributed by atoms with Crippen molar-refractivity contribution < 1.29 is 4.74 Å². The molecule has 3 rings (SSSR count). The predicted octanol–water partition coefficient (Wildman–Crippen LogP) is 4.49. The smallest absolute Gasteiger partial charge is 0.0594 e. The molecule has 0 N–H and O–H groups in total. The van der Waals surface area contributed by atoms with E-state index in [-0.39, 0.29) is 0 Å². The van der Waals surface area contributed by atoms with Crippen LogP contribution in [0.3, 0.4) is 0 Å². The van der Waals surface area contributed by atoms with Crippen molar-refractivity contribution in [2.45, 2.75) is 98.2 Å². The minimum atomic E-state index is 0.689. The lowest BCUT2D eigenvalue weighted by atomic mass is 10.2. The summed E-state index contributed by atoms with van der Waals surface area (Å²) in [7, 11) is 0. The highest BCUT2D eigenvalue weighted by atomic mass is 16.5. The quantitative estimate of drug-likeness (QED) is 0.715. The van der Waals surface area contributed by atoms with Crippen LogP contribution in [0.4, 0.5) is 0 Å². The minimum absolute atomic E-state index is 0.689. The zero-order valence-corrected chi connectivity index (χ0v) is 19.4. The lowest BCUT2D eigenvalue weighted by Crippen LogP contribution is -2.40. The van der Waals surface area contributed by atoms with Gasteiger partial charge in [-0.1, -0.05) is 12.8 Å². The summed E-state index contributed by atoms with van der Waals surface area (Å²) in [5, 5.41) is 0. The van der Waals surface area contributed by atoms with E-state index in [2.05, 4.69) is 56.2 Å². The van der Waals surface area contributed by atoms with Gasteiger partial charge >= 0.3 is 0 Å². The summed E-state index contributed by atoms with van der Waals surface area (Å²) in [6, 6.07) is 2.23. The summed E-state index contributed by atoms with van der Waals surface area (Å²) < 4.78 is 5.21. The molecule has 0 bridgehead atoms. The van der Waals surface area contributed by atoms with Gasteiger partial charge < -0.3 is 14.5 Å². The molecule has 3 heterocycles. The first-order chi connectivity index (χ1) is 12.9. The number of morpholine rings is 1. The molecule has 4 nitrogen and oxygen atoms in total. The molecule has 0 unspecified atom stereocenters. The van der Waals surface area contributed by atoms with Crippen LogP contribution in [0.15, 0.2) is 0 Å². The van der Waals surface area contributed by atoms with Gasteiger partial charge in [-0.15, -0.1) is 0 Å². The van der Waals surface area contributed by atoms with Crippen molar-refractivity contribution in [3.8, 4) is 0 Å². The predicted molar refractivity (Wildman–Crippen MR) is 119 cm³/mol. The van der Waals surface area contributed by atoms with Crippen molar-refractivity contribution in [1.82, 2.24) is 14.7 Å². The molecule has 0 radical (unpaired) electrons. The summed E-state index contributed by atoms with van der Waals surface area (Å²) in [5.74, 6) is 0. The molecule has 0 aromatic carbocycles. The Balaban J connectivity index is 0.000000204. The Kier molecular flexibility index (Phi) is 13.6. The second-order valence-corrected chi connectivity index (χ2v) is 9.12. The lowest BCUT2D eigenvalue weighted by Gasteiger charge is -2.29. The van der Waals surface area contributed by atoms with Crippen molar-refractivity contribution in [2.24, 2.45) is 0 Å². The van der Waals surface area contributed by atoms with Crippen molar-refractivity contribution >= 4 is 0 Å². The Morgan fingerprint density at radius 3 is 1.04 bits per heavy atom. The number of nitrogens with zero attached hydrogens (tertiary/aromatic N) is 3. The van der Waals surface area contributed by atoms with Gasteiger partial charge in [0.2, 0.25) is 0 Å². The number of ether oxygens (including phenoxy) is 1. The highest BCUT2D eigenvalue weighted by Gasteiger charge is 2.13. The molecule has 27 heavy (non-hydrogen) atoms. The van der Waals surface area contributed by atoms with Gasteiger partial charge in [0.05, 0.1) is 13.2 Å². The first-order valence-corrected chi connectivity index (χ1v) is 11.7. The first-order valence-electron chi connectivity index (χ1n) is 11.7. The van der Waals surface area contributed by atoms with E-state index in [4.69, 9.17) is 4.74 Å². The van der Waals surface area contributed by atoms with Gasteiger partial charge in [0.25, 0.3) is 0 Å². The highest BCUT2D eigenvalue weighted by Crippen LogP contribution is 2.11. The second-order valence-electron chi connectivity index (χ2n) is 9.12. The van der Waals surface area contributed by atoms with Crippen LogP contribution in [0.5, 0.6) is 0 Å². The number of rotatable bonds is 3. The van der Waals surface area contributed by atoms with Gasteiger partial charge in [-0.25, -0.2) is 0 Å². The molecule has 0 amide bonds. The summed E-state index contributed by atoms with van der Waals surface area (Å²) in [5.41, 5.74) is 0. The first kappa shape index (κ1) is 24.9. The molecule has 0 atom stereocenters. The van der Waals surface area contributed by atoms with E-state index in [0.717, 1.165) is 38.4 Å². The van der Waals surface area contributed by atoms with Crippen LogP contribution in [0, 0.1) is 0 Å². The van der Waals surface area contributed by atoms with Gasteiger partial charge in [-0.3, -0.25) is 4.90 Å². The molecule has 0 aliphatic carbocycles. The van der Waals surface area contributed by atoms with E-state index in [1.807, 2.05) is 0 Å². The average molecular weight is 384 g/mol. The van der Waals surface area contributed by atoms with Crippen LogP contribution >= 0.6 is 0 Å². The largest absolute Gasteiger partial charge is 0.379 e. The Labute approximate surface area is 170 Å². The fraction of sp³-hybridized carbons (Fsp3) is 1.00. The molecule has 162 valence electrons. The van der Waals surface area contributed by atoms with E-state index < -0.39 is 0 Å². The number of hydrogen-bond acceptors (Lipinski definition) is 4. The molecule has 0 saturated carbocycles. The molecular weight excluding hydrogens is 334 g/mol.